The van der Waals surface area contributed by atoms with E-state index < -0.39 is 10.0 Å². The third-order valence-electron chi connectivity index (χ3n) is 2.91. The van der Waals surface area contributed by atoms with Crippen molar-refractivity contribution in [3.63, 3.8) is 0 Å². The molecule has 1 aliphatic heterocycles. The van der Waals surface area contributed by atoms with Gasteiger partial charge in [-0.05, 0) is 37.5 Å². The molecule has 1 aliphatic rings. The maximum atomic E-state index is 12.4. The van der Waals surface area contributed by atoms with Gasteiger partial charge in [-0.2, -0.15) is 0 Å². The summed E-state index contributed by atoms with van der Waals surface area (Å²) in [6, 6.07) is 4.38. The number of hydrogen-bond acceptors (Lipinski definition) is 4. The van der Waals surface area contributed by atoms with Gasteiger partial charge >= 0.3 is 0 Å². The molecule has 0 unspecified atom stereocenters. The highest BCUT2D eigenvalue weighted by atomic mass is 35.5. The van der Waals surface area contributed by atoms with Gasteiger partial charge in [0.25, 0.3) is 10.0 Å². The normalized spacial score (nSPS) is 18.0. The molecule has 5 nitrogen and oxygen atoms in total. The first-order chi connectivity index (χ1) is 9.05. The summed E-state index contributed by atoms with van der Waals surface area (Å²) in [4.78, 5) is 5.40. The lowest BCUT2D eigenvalue weighted by molar-refractivity contribution is -0.0748. The molecule has 0 aliphatic carbocycles. The molecule has 1 saturated heterocycles. The second kappa shape index (κ2) is 6.09. The zero-order valence-electron chi connectivity index (χ0n) is 10.6. The number of benzene rings is 1. The van der Waals surface area contributed by atoms with E-state index in [0.29, 0.717) is 18.9 Å². The van der Waals surface area contributed by atoms with Crippen LogP contribution < -0.4 is 4.74 Å². The molecule has 0 atom stereocenters. The predicted molar refractivity (Wildman–Crippen MR) is 71.7 cm³/mol. The predicted octanol–water partition coefficient (Wildman–Crippen LogP) is 2.45. The van der Waals surface area contributed by atoms with Gasteiger partial charge in [0.2, 0.25) is 0 Å². The van der Waals surface area contributed by atoms with Gasteiger partial charge in [-0.3, -0.25) is 4.84 Å². The number of rotatable bonds is 3. The summed E-state index contributed by atoms with van der Waals surface area (Å²) in [6.45, 7) is 0.787. The summed E-state index contributed by atoms with van der Waals surface area (Å²) in [5.74, 6) is 0.442. The Hall–Kier alpha value is -0.820. The Kier molecular flexibility index (Phi) is 4.67. The number of ether oxygens (including phenoxy) is 1. The molecular formula is C12H16ClNO4S. The Bertz CT molecular complexity index is 539. The molecule has 0 radical (unpaired) electrons. The quantitative estimate of drug-likeness (QED) is 0.861. The van der Waals surface area contributed by atoms with E-state index in [1.165, 1.54) is 25.3 Å². The second-order valence-electron chi connectivity index (χ2n) is 4.22. The zero-order chi connectivity index (χ0) is 13.9. The molecule has 7 heteroatoms. The van der Waals surface area contributed by atoms with E-state index in [2.05, 4.69) is 0 Å². The smallest absolute Gasteiger partial charge is 0.265 e. The standard InChI is InChI=1S/C12H16ClNO4S/c1-17-12-6-5-10(9-11(12)13)19(15,16)14-7-3-2-4-8-18-14/h5-6,9H,2-4,7-8H2,1H3. The fraction of sp³-hybridized carbons (Fsp3) is 0.500. The van der Waals surface area contributed by atoms with Crippen LogP contribution in [-0.2, 0) is 14.9 Å². The third-order valence-corrected chi connectivity index (χ3v) is 4.88. The van der Waals surface area contributed by atoms with Crippen molar-refractivity contribution >= 4 is 21.6 Å². The topological polar surface area (TPSA) is 55.8 Å². The minimum absolute atomic E-state index is 0.111. The Labute approximate surface area is 118 Å². The van der Waals surface area contributed by atoms with Crippen molar-refractivity contribution in [3.05, 3.63) is 23.2 Å². The summed E-state index contributed by atoms with van der Waals surface area (Å²) in [7, 11) is -2.18. The van der Waals surface area contributed by atoms with Gasteiger partial charge in [-0.15, -0.1) is 0 Å². The molecular weight excluding hydrogens is 290 g/mol. The molecule has 0 spiro atoms. The molecule has 1 fully saturated rings. The van der Waals surface area contributed by atoms with Gasteiger partial charge in [0.1, 0.15) is 5.75 Å². The van der Waals surface area contributed by atoms with E-state index in [-0.39, 0.29) is 9.92 Å². The van der Waals surface area contributed by atoms with Crippen LogP contribution >= 0.6 is 11.6 Å². The van der Waals surface area contributed by atoms with Crippen molar-refractivity contribution in [3.8, 4) is 5.75 Å². The molecule has 0 amide bonds. The Balaban J connectivity index is 2.30. The van der Waals surface area contributed by atoms with Crippen LogP contribution in [0.15, 0.2) is 23.1 Å². The fourth-order valence-electron chi connectivity index (χ4n) is 1.87. The lowest BCUT2D eigenvalue weighted by atomic mass is 10.2. The number of nitrogens with zero attached hydrogens (tertiary/aromatic N) is 1. The van der Waals surface area contributed by atoms with Crippen molar-refractivity contribution in [2.75, 3.05) is 20.3 Å². The maximum Gasteiger partial charge on any atom is 0.265 e. The molecule has 0 bridgehead atoms. The number of sulfonamides is 1. The van der Waals surface area contributed by atoms with E-state index >= 15 is 0 Å². The van der Waals surface area contributed by atoms with Gasteiger partial charge in [0.15, 0.2) is 0 Å². The minimum Gasteiger partial charge on any atom is -0.495 e. The third kappa shape index (κ3) is 3.20. The monoisotopic (exact) mass is 305 g/mol. The average molecular weight is 306 g/mol. The molecule has 1 aromatic carbocycles. The first kappa shape index (κ1) is 14.6. The molecule has 1 heterocycles. The Morgan fingerprint density at radius 2 is 2.11 bits per heavy atom. The van der Waals surface area contributed by atoms with Gasteiger partial charge < -0.3 is 4.74 Å². The van der Waals surface area contributed by atoms with Crippen LogP contribution in [-0.4, -0.2) is 33.1 Å². The van der Waals surface area contributed by atoms with Crippen molar-refractivity contribution in [1.82, 2.24) is 4.47 Å². The van der Waals surface area contributed by atoms with Crippen LogP contribution in [0.5, 0.6) is 5.75 Å². The van der Waals surface area contributed by atoms with Crippen LogP contribution in [0.1, 0.15) is 19.3 Å². The second-order valence-corrected chi connectivity index (χ2v) is 6.46. The highest BCUT2D eigenvalue weighted by Gasteiger charge is 2.27. The fourth-order valence-corrected chi connectivity index (χ4v) is 3.51. The van der Waals surface area contributed by atoms with E-state index in [0.717, 1.165) is 23.7 Å². The Morgan fingerprint density at radius 1 is 1.32 bits per heavy atom. The van der Waals surface area contributed by atoms with Crippen LogP contribution in [0.3, 0.4) is 0 Å². The SMILES string of the molecule is COc1ccc(S(=O)(=O)N2CCCCCO2)cc1Cl. The van der Waals surface area contributed by atoms with Gasteiger partial charge in [0, 0.05) is 6.54 Å². The van der Waals surface area contributed by atoms with Gasteiger partial charge in [0.05, 0.1) is 23.6 Å². The van der Waals surface area contributed by atoms with Gasteiger partial charge in [-0.1, -0.05) is 16.1 Å². The molecule has 1 aromatic rings. The van der Waals surface area contributed by atoms with Crippen molar-refractivity contribution in [2.45, 2.75) is 24.2 Å². The zero-order valence-corrected chi connectivity index (χ0v) is 12.2. The van der Waals surface area contributed by atoms with E-state index in [1.54, 1.807) is 0 Å². The lowest BCUT2D eigenvalue weighted by Crippen LogP contribution is -2.31. The molecule has 2 rings (SSSR count). The van der Waals surface area contributed by atoms with Crippen molar-refractivity contribution in [2.24, 2.45) is 0 Å². The first-order valence-electron chi connectivity index (χ1n) is 6.05. The van der Waals surface area contributed by atoms with Crippen LogP contribution in [0.4, 0.5) is 0 Å². The van der Waals surface area contributed by atoms with Gasteiger partial charge in [-0.25, -0.2) is 8.42 Å². The number of halogens is 1. The summed E-state index contributed by atoms with van der Waals surface area (Å²) < 4.78 is 30.8. The van der Waals surface area contributed by atoms with Crippen LogP contribution in [0.25, 0.3) is 0 Å². The number of methoxy groups -OCH3 is 1. The van der Waals surface area contributed by atoms with Crippen molar-refractivity contribution in [1.29, 1.82) is 0 Å². The number of hydrogen-bond donors (Lipinski definition) is 0. The number of hydroxylamine groups is 1. The molecule has 106 valence electrons. The Morgan fingerprint density at radius 3 is 2.79 bits per heavy atom. The molecule has 19 heavy (non-hydrogen) atoms. The minimum atomic E-state index is -3.66. The molecule has 0 N–H and O–H groups in total. The van der Waals surface area contributed by atoms with E-state index in [9.17, 15) is 8.42 Å². The molecule has 0 aromatic heterocycles. The highest BCUT2D eigenvalue weighted by molar-refractivity contribution is 7.89. The lowest BCUT2D eigenvalue weighted by Gasteiger charge is -2.19. The summed E-state index contributed by atoms with van der Waals surface area (Å²) in [5, 5.41) is 0.262. The summed E-state index contributed by atoms with van der Waals surface area (Å²) in [6.07, 6.45) is 2.63. The average Bonchev–Trinajstić information content (AvgIpc) is 2.67. The van der Waals surface area contributed by atoms with E-state index in [4.69, 9.17) is 21.2 Å². The van der Waals surface area contributed by atoms with Crippen LogP contribution in [0, 0.1) is 0 Å². The summed E-state index contributed by atoms with van der Waals surface area (Å²) >= 11 is 5.96. The first-order valence-corrected chi connectivity index (χ1v) is 7.86. The van der Waals surface area contributed by atoms with Crippen LogP contribution in [0.2, 0.25) is 5.02 Å². The summed E-state index contributed by atoms with van der Waals surface area (Å²) in [5.41, 5.74) is 0. The highest BCUT2D eigenvalue weighted by Crippen LogP contribution is 2.29. The van der Waals surface area contributed by atoms with Crippen molar-refractivity contribution < 1.29 is 18.0 Å². The largest absolute Gasteiger partial charge is 0.495 e. The molecule has 0 saturated carbocycles. The maximum absolute atomic E-state index is 12.4. The van der Waals surface area contributed by atoms with E-state index in [1.807, 2.05) is 0 Å².